The molecule has 4 rings (SSSR count). The molecule has 0 aromatic heterocycles. The van der Waals surface area contributed by atoms with Gasteiger partial charge in [0.15, 0.2) is 0 Å². The molecule has 3 nitrogen and oxygen atoms in total. The van der Waals surface area contributed by atoms with Gasteiger partial charge < -0.3 is 4.74 Å². The SMILES string of the molecule is O=C(OCC1CCN(CC(F)(F)F)CC1)C1[C@@H]2[C@H]3CC[C@@H](C3)[C@@H]12. The summed E-state index contributed by atoms with van der Waals surface area (Å²) < 4.78 is 42.6. The molecule has 23 heavy (non-hydrogen) atoms. The third kappa shape index (κ3) is 3.11. The number of ether oxygens (including phenoxy) is 1. The van der Waals surface area contributed by atoms with Crippen molar-refractivity contribution < 1.29 is 22.7 Å². The molecule has 0 spiro atoms. The number of rotatable bonds is 4. The number of carbonyl (C=O) groups is 1. The zero-order valence-corrected chi connectivity index (χ0v) is 13.2. The fourth-order valence-corrected chi connectivity index (χ4v) is 5.50. The van der Waals surface area contributed by atoms with Crippen molar-refractivity contribution >= 4 is 5.97 Å². The van der Waals surface area contributed by atoms with Crippen LogP contribution in [0.3, 0.4) is 0 Å². The Labute approximate surface area is 134 Å². The lowest BCUT2D eigenvalue weighted by Crippen LogP contribution is -2.41. The minimum absolute atomic E-state index is 0.0330. The summed E-state index contributed by atoms with van der Waals surface area (Å²) in [4.78, 5) is 13.7. The van der Waals surface area contributed by atoms with E-state index in [1.165, 1.54) is 24.2 Å². The molecule has 1 saturated heterocycles. The van der Waals surface area contributed by atoms with Crippen LogP contribution in [0.2, 0.25) is 0 Å². The van der Waals surface area contributed by atoms with Gasteiger partial charge in [0.2, 0.25) is 0 Å². The molecule has 2 bridgehead atoms. The molecule has 0 amide bonds. The Bertz CT molecular complexity index is 457. The van der Waals surface area contributed by atoms with Crippen molar-refractivity contribution in [1.82, 2.24) is 4.90 Å². The summed E-state index contributed by atoms with van der Waals surface area (Å²) in [6.45, 7) is 0.457. The van der Waals surface area contributed by atoms with Crippen LogP contribution in [-0.2, 0) is 9.53 Å². The second-order valence-electron chi connectivity index (χ2n) is 7.98. The van der Waals surface area contributed by atoms with Crippen LogP contribution in [0, 0.1) is 35.5 Å². The van der Waals surface area contributed by atoms with Gasteiger partial charge in [-0.2, -0.15) is 13.2 Å². The van der Waals surface area contributed by atoms with E-state index in [-0.39, 0.29) is 17.8 Å². The first kappa shape index (κ1) is 15.7. The third-order valence-electron chi connectivity index (χ3n) is 6.58. The van der Waals surface area contributed by atoms with E-state index in [1.807, 2.05) is 0 Å². The van der Waals surface area contributed by atoms with E-state index in [9.17, 15) is 18.0 Å². The Kier molecular flexibility index (Phi) is 3.86. The molecule has 6 heteroatoms. The predicted molar refractivity (Wildman–Crippen MR) is 77.5 cm³/mol. The quantitative estimate of drug-likeness (QED) is 0.742. The fourth-order valence-electron chi connectivity index (χ4n) is 5.50. The Morgan fingerprint density at radius 2 is 1.65 bits per heavy atom. The number of fused-ring (bicyclic) bond motifs is 5. The van der Waals surface area contributed by atoms with Gasteiger partial charge in [0.1, 0.15) is 0 Å². The number of likely N-dealkylation sites (tertiary alicyclic amines) is 1. The number of alkyl halides is 3. The fraction of sp³-hybridized carbons (Fsp3) is 0.941. The highest BCUT2D eigenvalue weighted by Gasteiger charge is 2.68. The first-order chi connectivity index (χ1) is 10.9. The standard InChI is InChI=1S/C17H24F3NO2/c18-17(19,20)9-21-5-3-10(4-6-21)8-23-16(22)15-13-11-1-2-12(7-11)14(13)15/h10-15H,1-9H2/t11-,12-,13+,14+/m0/s1. The van der Waals surface area contributed by atoms with E-state index >= 15 is 0 Å². The van der Waals surface area contributed by atoms with Gasteiger partial charge in [0.25, 0.3) is 0 Å². The van der Waals surface area contributed by atoms with Crippen molar-refractivity contribution in [1.29, 1.82) is 0 Å². The smallest absolute Gasteiger partial charge is 0.401 e. The largest absolute Gasteiger partial charge is 0.465 e. The van der Waals surface area contributed by atoms with Crippen molar-refractivity contribution in [2.24, 2.45) is 35.5 Å². The van der Waals surface area contributed by atoms with Gasteiger partial charge in [-0.15, -0.1) is 0 Å². The van der Waals surface area contributed by atoms with E-state index in [0.29, 0.717) is 44.4 Å². The summed E-state index contributed by atoms with van der Waals surface area (Å²) in [7, 11) is 0. The van der Waals surface area contributed by atoms with Gasteiger partial charge in [0.05, 0.1) is 19.1 Å². The molecule has 1 aliphatic heterocycles. The van der Waals surface area contributed by atoms with E-state index in [2.05, 4.69) is 0 Å². The number of hydrogen-bond donors (Lipinski definition) is 0. The molecule has 0 N–H and O–H groups in total. The van der Waals surface area contributed by atoms with Crippen LogP contribution in [0.1, 0.15) is 32.1 Å². The normalized spacial score (nSPS) is 40.2. The molecule has 0 radical (unpaired) electrons. The van der Waals surface area contributed by atoms with Crippen molar-refractivity contribution in [2.75, 3.05) is 26.2 Å². The van der Waals surface area contributed by atoms with Gasteiger partial charge in [0, 0.05) is 0 Å². The molecule has 1 heterocycles. The maximum atomic E-state index is 12.4. The van der Waals surface area contributed by atoms with Crippen molar-refractivity contribution in [3.8, 4) is 0 Å². The van der Waals surface area contributed by atoms with Crippen molar-refractivity contribution in [3.05, 3.63) is 0 Å². The molecule has 3 saturated carbocycles. The van der Waals surface area contributed by atoms with Crippen LogP contribution in [-0.4, -0.2) is 43.3 Å². The lowest BCUT2D eigenvalue weighted by Gasteiger charge is -2.32. The van der Waals surface area contributed by atoms with Crippen molar-refractivity contribution in [2.45, 2.75) is 38.3 Å². The molecular weight excluding hydrogens is 307 g/mol. The zero-order chi connectivity index (χ0) is 16.2. The summed E-state index contributed by atoms with van der Waals surface area (Å²) >= 11 is 0. The summed E-state index contributed by atoms with van der Waals surface area (Å²) in [6.07, 6.45) is 1.14. The van der Waals surface area contributed by atoms with Crippen LogP contribution in [0.15, 0.2) is 0 Å². The van der Waals surface area contributed by atoms with Crippen LogP contribution < -0.4 is 0 Å². The number of piperidine rings is 1. The molecule has 0 aromatic carbocycles. The molecule has 130 valence electrons. The highest BCUT2D eigenvalue weighted by molar-refractivity contribution is 5.77. The van der Waals surface area contributed by atoms with E-state index in [0.717, 1.165) is 11.8 Å². The number of carbonyl (C=O) groups excluding carboxylic acids is 1. The number of halogens is 3. The van der Waals surface area contributed by atoms with Gasteiger partial charge in [-0.1, -0.05) is 0 Å². The predicted octanol–water partition coefficient (Wildman–Crippen LogP) is 3.10. The molecule has 4 fully saturated rings. The molecule has 0 unspecified atom stereocenters. The lowest BCUT2D eigenvalue weighted by molar-refractivity contribution is -0.152. The summed E-state index contributed by atoms with van der Waals surface area (Å²) in [6, 6.07) is 0. The van der Waals surface area contributed by atoms with E-state index in [1.54, 1.807) is 0 Å². The van der Waals surface area contributed by atoms with Crippen LogP contribution in [0.5, 0.6) is 0 Å². The topological polar surface area (TPSA) is 29.5 Å². The van der Waals surface area contributed by atoms with Crippen LogP contribution >= 0.6 is 0 Å². The highest BCUT2D eigenvalue weighted by atomic mass is 19.4. The maximum Gasteiger partial charge on any atom is 0.401 e. The average molecular weight is 331 g/mol. The maximum absolute atomic E-state index is 12.4. The van der Waals surface area contributed by atoms with E-state index < -0.39 is 12.7 Å². The van der Waals surface area contributed by atoms with Gasteiger partial charge >= 0.3 is 12.1 Å². The highest BCUT2D eigenvalue weighted by Crippen LogP contribution is 2.69. The Morgan fingerprint density at radius 1 is 1.04 bits per heavy atom. The van der Waals surface area contributed by atoms with Crippen molar-refractivity contribution in [3.63, 3.8) is 0 Å². The summed E-state index contributed by atoms with van der Waals surface area (Å²) in [5, 5.41) is 0. The van der Waals surface area contributed by atoms with Gasteiger partial charge in [-0.25, -0.2) is 0 Å². The Hall–Kier alpha value is -0.780. The van der Waals surface area contributed by atoms with E-state index in [4.69, 9.17) is 4.74 Å². The average Bonchev–Trinajstić information content (AvgIpc) is 2.93. The minimum atomic E-state index is -4.12. The number of hydrogen-bond acceptors (Lipinski definition) is 3. The van der Waals surface area contributed by atoms with Crippen LogP contribution in [0.25, 0.3) is 0 Å². The summed E-state index contributed by atoms with van der Waals surface area (Å²) in [5.74, 6) is 3.03. The second-order valence-corrected chi connectivity index (χ2v) is 7.98. The third-order valence-corrected chi connectivity index (χ3v) is 6.58. The minimum Gasteiger partial charge on any atom is -0.465 e. The van der Waals surface area contributed by atoms with Gasteiger partial charge in [-0.3, -0.25) is 9.69 Å². The zero-order valence-electron chi connectivity index (χ0n) is 13.2. The molecule has 0 aromatic rings. The molecule has 4 atom stereocenters. The monoisotopic (exact) mass is 331 g/mol. The number of nitrogens with zero attached hydrogens (tertiary/aromatic N) is 1. The lowest BCUT2D eigenvalue weighted by atomic mass is 9.97. The first-order valence-corrected chi connectivity index (χ1v) is 8.88. The van der Waals surface area contributed by atoms with Gasteiger partial charge in [-0.05, 0) is 74.8 Å². The second kappa shape index (κ2) is 5.64. The molecular formula is C17H24F3NO2. The number of esters is 1. The molecule has 3 aliphatic carbocycles. The molecule has 4 aliphatic rings. The first-order valence-electron chi connectivity index (χ1n) is 8.88. The summed E-state index contributed by atoms with van der Waals surface area (Å²) in [5.41, 5.74) is 0. The Balaban J connectivity index is 1.18. The Morgan fingerprint density at radius 3 is 2.22 bits per heavy atom. The van der Waals surface area contributed by atoms with Crippen LogP contribution in [0.4, 0.5) is 13.2 Å².